The predicted octanol–water partition coefficient (Wildman–Crippen LogP) is 8.29. The van der Waals surface area contributed by atoms with Crippen molar-refractivity contribution < 1.29 is 24.2 Å². The Morgan fingerprint density at radius 2 is 1.57 bits per heavy atom. The monoisotopic (exact) mass is 627 g/mol. The number of amides is 1. The maximum Gasteiger partial charge on any atom is 0.326 e. The van der Waals surface area contributed by atoms with Gasteiger partial charge in [-0.2, -0.15) is 0 Å². The van der Waals surface area contributed by atoms with Gasteiger partial charge in [0, 0.05) is 16.5 Å². The van der Waals surface area contributed by atoms with Crippen LogP contribution >= 0.6 is 15.9 Å². The second-order valence-electron chi connectivity index (χ2n) is 10.6. The van der Waals surface area contributed by atoms with Gasteiger partial charge in [0.2, 0.25) is 0 Å². The van der Waals surface area contributed by atoms with Gasteiger partial charge in [0.25, 0.3) is 5.91 Å². The fraction of sp³-hybridized carbons (Fsp3) is 0.257. The first-order valence-corrected chi connectivity index (χ1v) is 15.1. The molecule has 0 aliphatic heterocycles. The minimum Gasteiger partial charge on any atom is -0.492 e. The van der Waals surface area contributed by atoms with Crippen molar-refractivity contribution in [2.45, 2.75) is 44.6 Å². The Morgan fingerprint density at radius 3 is 2.31 bits per heavy atom. The van der Waals surface area contributed by atoms with Crippen LogP contribution in [0.1, 0.15) is 48.0 Å². The molecule has 1 atom stereocenters. The molecular weight excluding hydrogens is 594 g/mol. The molecule has 4 aromatic rings. The Bertz CT molecular complexity index is 1500. The van der Waals surface area contributed by atoms with Crippen molar-refractivity contribution in [1.82, 2.24) is 5.32 Å². The molecule has 1 unspecified atom stereocenters. The SMILES string of the molecule is O=C(NC(Cc1ccc(-c2ccccc2Oc2ccccc2)cc1)C(=O)O)c1cc(Br)ccc1OCC1CCCCC1. The fourth-order valence-corrected chi connectivity index (χ4v) is 5.63. The molecule has 0 bridgehead atoms. The summed E-state index contributed by atoms with van der Waals surface area (Å²) in [7, 11) is 0. The lowest BCUT2D eigenvalue weighted by Crippen LogP contribution is -2.42. The smallest absolute Gasteiger partial charge is 0.326 e. The summed E-state index contributed by atoms with van der Waals surface area (Å²) in [5, 5.41) is 12.7. The molecule has 1 amide bonds. The van der Waals surface area contributed by atoms with Crippen LogP contribution in [0.25, 0.3) is 11.1 Å². The first-order valence-electron chi connectivity index (χ1n) is 14.3. The van der Waals surface area contributed by atoms with Crippen LogP contribution in [0, 0.1) is 5.92 Å². The first-order chi connectivity index (χ1) is 20.5. The molecular formula is C35H34BrNO5. The molecule has 4 aromatic carbocycles. The van der Waals surface area contributed by atoms with Gasteiger partial charge in [-0.15, -0.1) is 0 Å². The summed E-state index contributed by atoms with van der Waals surface area (Å²) in [6.07, 6.45) is 6.06. The lowest BCUT2D eigenvalue weighted by molar-refractivity contribution is -0.139. The number of carbonyl (C=O) groups excluding carboxylic acids is 1. The number of carbonyl (C=O) groups is 2. The van der Waals surface area contributed by atoms with Crippen molar-refractivity contribution >= 4 is 27.8 Å². The van der Waals surface area contributed by atoms with Gasteiger partial charge in [0.05, 0.1) is 12.2 Å². The van der Waals surface area contributed by atoms with Crippen molar-refractivity contribution in [1.29, 1.82) is 0 Å². The molecule has 1 saturated carbocycles. The van der Waals surface area contributed by atoms with Crippen LogP contribution < -0.4 is 14.8 Å². The fourth-order valence-electron chi connectivity index (χ4n) is 5.27. The molecule has 2 N–H and O–H groups in total. The quantitative estimate of drug-likeness (QED) is 0.175. The molecule has 42 heavy (non-hydrogen) atoms. The Labute approximate surface area is 254 Å². The van der Waals surface area contributed by atoms with Gasteiger partial charge < -0.3 is 19.9 Å². The number of carboxylic acid groups (broad SMARTS) is 1. The van der Waals surface area contributed by atoms with Crippen molar-refractivity contribution in [2.24, 2.45) is 5.92 Å². The van der Waals surface area contributed by atoms with Crippen LogP contribution in [0.5, 0.6) is 17.2 Å². The number of carboxylic acids is 1. The summed E-state index contributed by atoms with van der Waals surface area (Å²) in [5.41, 5.74) is 2.97. The maximum atomic E-state index is 13.3. The van der Waals surface area contributed by atoms with E-state index >= 15 is 0 Å². The number of benzene rings is 4. The van der Waals surface area contributed by atoms with Crippen molar-refractivity contribution in [3.63, 3.8) is 0 Å². The van der Waals surface area contributed by atoms with E-state index in [1.807, 2.05) is 84.9 Å². The summed E-state index contributed by atoms with van der Waals surface area (Å²) in [6, 6.07) is 29.2. The zero-order valence-electron chi connectivity index (χ0n) is 23.3. The zero-order chi connectivity index (χ0) is 29.3. The van der Waals surface area contributed by atoms with E-state index < -0.39 is 17.9 Å². The number of nitrogens with one attached hydrogen (secondary N) is 1. The molecule has 7 heteroatoms. The highest BCUT2D eigenvalue weighted by Gasteiger charge is 2.24. The third kappa shape index (κ3) is 7.79. The number of hydrogen-bond donors (Lipinski definition) is 2. The summed E-state index contributed by atoms with van der Waals surface area (Å²) in [4.78, 5) is 25.5. The van der Waals surface area contributed by atoms with Gasteiger partial charge in [-0.05, 0) is 66.3 Å². The number of ether oxygens (including phenoxy) is 2. The lowest BCUT2D eigenvalue weighted by atomic mass is 9.90. The molecule has 0 radical (unpaired) electrons. The van der Waals surface area contributed by atoms with Crippen LogP contribution in [0.3, 0.4) is 0 Å². The second kappa shape index (κ2) is 14.2. The highest BCUT2D eigenvalue weighted by molar-refractivity contribution is 9.10. The standard InChI is InChI=1S/C35H34BrNO5/c36-27-19-20-32(41-23-25-9-3-1-4-10-25)30(22-27)34(38)37-31(35(39)40)21-24-15-17-26(18-16-24)29-13-7-8-14-33(29)42-28-11-5-2-6-12-28/h2,5-8,11-20,22,25,31H,1,3-4,9-10,21,23H2,(H,37,38)(H,39,40). The highest BCUT2D eigenvalue weighted by Crippen LogP contribution is 2.33. The van der Waals surface area contributed by atoms with Crippen LogP contribution in [-0.4, -0.2) is 29.6 Å². The Morgan fingerprint density at radius 1 is 0.857 bits per heavy atom. The molecule has 1 fully saturated rings. The largest absolute Gasteiger partial charge is 0.492 e. The number of aliphatic carboxylic acids is 1. The summed E-state index contributed by atoms with van der Waals surface area (Å²) >= 11 is 3.43. The van der Waals surface area contributed by atoms with Crippen LogP contribution in [0.15, 0.2) is 102 Å². The van der Waals surface area contributed by atoms with Gasteiger partial charge >= 0.3 is 5.97 Å². The van der Waals surface area contributed by atoms with Crippen molar-refractivity contribution in [3.05, 3.63) is 113 Å². The average Bonchev–Trinajstić information content (AvgIpc) is 3.02. The molecule has 0 spiro atoms. The van der Waals surface area contributed by atoms with E-state index in [0.717, 1.165) is 45.5 Å². The van der Waals surface area contributed by atoms with Crippen LogP contribution in [-0.2, 0) is 11.2 Å². The Kier molecular flexibility index (Phi) is 9.93. The van der Waals surface area contributed by atoms with Crippen molar-refractivity contribution in [3.8, 4) is 28.4 Å². The van der Waals surface area contributed by atoms with Gasteiger partial charge in [-0.3, -0.25) is 4.79 Å². The normalized spacial score (nSPS) is 14.1. The van der Waals surface area contributed by atoms with E-state index in [9.17, 15) is 14.7 Å². The maximum absolute atomic E-state index is 13.3. The van der Waals surface area contributed by atoms with Gasteiger partial charge in [-0.1, -0.05) is 95.9 Å². The molecule has 6 nitrogen and oxygen atoms in total. The first kappa shape index (κ1) is 29.4. The lowest BCUT2D eigenvalue weighted by Gasteiger charge is -2.22. The van der Waals surface area contributed by atoms with E-state index in [2.05, 4.69) is 21.2 Å². The topological polar surface area (TPSA) is 84.9 Å². The molecule has 1 aliphatic carbocycles. The minimum atomic E-state index is -1.11. The zero-order valence-corrected chi connectivity index (χ0v) is 24.9. The molecule has 0 heterocycles. The number of hydrogen-bond acceptors (Lipinski definition) is 4. The Hall–Kier alpha value is -4.10. The van der Waals surface area contributed by atoms with E-state index in [1.165, 1.54) is 19.3 Å². The van der Waals surface area contributed by atoms with E-state index in [0.29, 0.717) is 23.8 Å². The van der Waals surface area contributed by atoms with Gasteiger partial charge in [0.15, 0.2) is 0 Å². The Balaban J connectivity index is 1.27. The summed E-state index contributed by atoms with van der Waals surface area (Å²) in [5.74, 6) is 0.827. The molecule has 1 aliphatic rings. The van der Waals surface area contributed by atoms with E-state index in [4.69, 9.17) is 9.47 Å². The molecule has 0 aromatic heterocycles. The molecule has 0 saturated heterocycles. The number of halogens is 1. The van der Waals surface area contributed by atoms with Crippen molar-refractivity contribution in [2.75, 3.05) is 6.61 Å². The number of rotatable bonds is 11. The summed E-state index contributed by atoms with van der Waals surface area (Å²) in [6.45, 7) is 0.552. The summed E-state index contributed by atoms with van der Waals surface area (Å²) < 4.78 is 12.9. The third-order valence-electron chi connectivity index (χ3n) is 7.55. The van der Waals surface area contributed by atoms with Gasteiger partial charge in [-0.25, -0.2) is 4.79 Å². The van der Waals surface area contributed by atoms with Crippen LogP contribution in [0.4, 0.5) is 0 Å². The molecule has 5 rings (SSSR count). The average molecular weight is 629 g/mol. The molecule has 216 valence electrons. The number of para-hydroxylation sites is 2. The second-order valence-corrected chi connectivity index (χ2v) is 11.5. The highest BCUT2D eigenvalue weighted by atomic mass is 79.9. The minimum absolute atomic E-state index is 0.135. The predicted molar refractivity (Wildman–Crippen MR) is 167 cm³/mol. The van der Waals surface area contributed by atoms with E-state index in [1.54, 1.807) is 12.1 Å². The van der Waals surface area contributed by atoms with E-state index in [-0.39, 0.29) is 6.42 Å². The van der Waals surface area contributed by atoms with Gasteiger partial charge in [0.1, 0.15) is 23.3 Å². The van der Waals surface area contributed by atoms with Crippen LogP contribution in [0.2, 0.25) is 0 Å². The third-order valence-corrected chi connectivity index (χ3v) is 8.05.